The van der Waals surface area contributed by atoms with E-state index in [2.05, 4.69) is 0 Å². The first-order valence-electron chi connectivity index (χ1n) is 4.31. The summed E-state index contributed by atoms with van der Waals surface area (Å²) in [4.78, 5) is 10.2. The molecular formula is C8H14F3NO2. The van der Waals surface area contributed by atoms with Crippen molar-refractivity contribution in [2.45, 2.75) is 38.4 Å². The molecule has 3 N–H and O–H groups in total. The van der Waals surface area contributed by atoms with Gasteiger partial charge in [0.2, 0.25) is 0 Å². The van der Waals surface area contributed by atoms with Gasteiger partial charge in [0.05, 0.1) is 12.3 Å². The largest absolute Gasteiger partial charge is 0.481 e. The van der Waals surface area contributed by atoms with E-state index in [0.717, 1.165) is 0 Å². The van der Waals surface area contributed by atoms with Gasteiger partial charge in [0, 0.05) is 6.04 Å². The zero-order valence-electron chi connectivity index (χ0n) is 7.84. The van der Waals surface area contributed by atoms with Crippen LogP contribution in [0.25, 0.3) is 0 Å². The number of carboxylic acids is 1. The third-order valence-corrected chi connectivity index (χ3v) is 2.00. The van der Waals surface area contributed by atoms with E-state index in [-0.39, 0.29) is 6.42 Å². The van der Waals surface area contributed by atoms with Gasteiger partial charge < -0.3 is 10.8 Å². The molecule has 0 aromatic carbocycles. The van der Waals surface area contributed by atoms with Gasteiger partial charge in [0.25, 0.3) is 0 Å². The number of carboxylic acid groups (broad SMARTS) is 1. The van der Waals surface area contributed by atoms with Crippen LogP contribution in [0.2, 0.25) is 0 Å². The molecule has 0 bridgehead atoms. The normalized spacial score (nSPS) is 16.4. The lowest BCUT2D eigenvalue weighted by molar-refractivity contribution is -0.185. The molecule has 0 aromatic rings. The average molecular weight is 213 g/mol. The van der Waals surface area contributed by atoms with Crippen LogP contribution in [0.3, 0.4) is 0 Å². The lowest BCUT2D eigenvalue weighted by Gasteiger charge is -2.21. The second kappa shape index (κ2) is 5.19. The first-order valence-corrected chi connectivity index (χ1v) is 4.31. The Bertz CT molecular complexity index is 194. The molecule has 0 saturated heterocycles. The summed E-state index contributed by atoms with van der Waals surface area (Å²) in [6, 6.07) is -0.596. The number of alkyl halides is 3. The number of aliphatic carboxylic acids is 1. The molecule has 0 aliphatic heterocycles. The van der Waals surface area contributed by atoms with Crippen LogP contribution in [-0.4, -0.2) is 23.3 Å². The average Bonchev–Trinajstić information content (AvgIpc) is 2.00. The Labute approximate surface area is 80.1 Å². The maximum Gasteiger partial charge on any atom is 0.392 e. The van der Waals surface area contributed by atoms with Gasteiger partial charge in [0.1, 0.15) is 0 Å². The highest BCUT2D eigenvalue weighted by molar-refractivity contribution is 5.67. The van der Waals surface area contributed by atoms with Crippen LogP contribution in [0, 0.1) is 5.92 Å². The summed E-state index contributed by atoms with van der Waals surface area (Å²) in [7, 11) is 0. The predicted molar refractivity (Wildman–Crippen MR) is 44.7 cm³/mol. The molecule has 14 heavy (non-hydrogen) atoms. The second-order valence-electron chi connectivity index (χ2n) is 3.24. The van der Waals surface area contributed by atoms with Gasteiger partial charge in [-0.25, -0.2) is 0 Å². The van der Waals surface area contributed by atoms with Crippen LogP contribution in [0.1, 0.15) is 26.2 Å². The molecule has 3 nitrogen and oxygen atoms in total. The molecular weight excluding hydrogens is 199 g/mol. The standard InChI is InChI=1S/C8H14F3NO2/c1-2-6(12)3-5(4-7(13)14)8(9,10)11/h5-6H,2-4,12H2,1H3,(H,13,14). The number of carbonyl (C=O) groups is 1. The highest BCUT2D eigenvalue weighted by Crippen LogP contribution is 2.32. The summed E-state index contributed by atoms with van der Waals surface area (Å²) in [5.41, 5.74) is 5.35. The van der Waals surface area contributed by atoms with Gasteiger partial charge in [-0.15, -0.1) is 0 Å². The maximum atomic E-state index is 12.3. The van der Waals surface area contributed by atoms with E-state index in [4.69, 9.17) is 10.8 Å². The van der Waals surface area contributed by atoms with Gasteiger partial charge in [-0.2, -0.15) is 13.2 Å². The molecule has 0 heterocycles. The van der Waals surface area contributed by atoms with Gasteiger partial charge in [-0.05, 0) is 12.8 Å². The number of hydrogen-bond acceptors (Lipinski definition) is 2. The Morgan fingerprint density at radius 1 is 1.50 bits per heavy atom. The molecule has 84 valence electrons. The van der Waals surface area contributed by atoms with Gasteiger partial charge in [0.15, 0.2) is 0 Å². The Morgan fingerprint density at radius 3 is 2.29 bits per heavy atom. The van der Waals surface area contributed by atoms with E-state index >= 15 is 0 Å². The van der Waals surface area contributed by atoms with Crippen molar-refractivity contribution in [1.82, 2.24) is 0 Å². The van der Waals surface area contributed by atoms with E-state index in [1.165, 1.54) is 0 Å². The highest BCUT2D eigenvalue weighted by atomic mass is 19.4. The molecule has 6 heteroatoms. The molecule has 0 radical (unpaired) electrons. The monoisotopic (exact) mass is 213 g/mol. The Kier molecular flexibility index (Phi) is 4.90. The van der Waals surface area contributed by atoms with Crippen LogP contribution >= 0.6 is 0 Å². The molecule has 0 amide bonds. The minimum atomic E-state index is -4.48. The molecule has 0 fully saturated rings. The van der Waals surface area contributed by atoms with E-state index < -0.39 is 30.5 Å². The van der Waals surface area contributed by atoms with Crippen molar-refractivity contribution in [1.29, 1.82) is 0 Å². The summed E-state index contributed by atoms with van der Waals surface area (Å²) in [5, 5.41) is 8.29. The Hall–Kier alpha value is -0.780. The van der Waals surface area contributed by atoms with E-state index in [0.29, 0.717) is 6.42 Å². The van der Waals surface area contributed by atoms with Crippen molar-refractivity contribution < 1.29 is 23.1 Å². The summed E-state index contributed by atoms with van der Waals surface area (Å²) in [5.74, 6) is -3.29. The fraction of sp³-hybridized carbons (Fsp3) is 0.875. The maximum absolute atomic E-state index is 12.3. The minimum absolute atomic E-state index is 0.327. The van der Waals surface area contributed by atoms with E-state index in [9.17, 15) is 18.0 Å². The predicted octanol–water partition coefficient (Wildman–Crippen LogP) is 1.77. The third-order valence-electron chi connectivity index (χ3n) is 2.00. The molecule has 0 saturated carbocycles. The molecule has 0 spiro atoms. The van der Waals surface area contributed by atoms with Crippen molar-refractivity contribution in [3.63, 3.8) is 0 Å². The second-order valence-corrected chi connectivity index (χ2v) is 3.24. The fourth-order valence-electron chi connectivity index (χ4n) is 1.08. The fourth-order valence-corrected chi connectivity index (χ4v) is 1.08. The SMILES string of the molecule is CCC(N)CC(CC(=O)O)C(F)(F)F. The minimum Gasteiger partial charge on any atom is -0.481 e. The zero-order chi connectivity index (χ0) is 11.4. The van der Waals surface area contributed by atoms with Crippen LogP contribution in [-0.2, 0) is 4.79 Å². The molecule has 0 aromatic heterocycles. The topological polar surface area (TPSA) is 63.3 Å². The summed E-state index contributed by atoms with van der Waals surface area (Å²) in [6.07, 6.45) is -5.30. The molecule has 0 rings (SSSR count). The molecule has 0 aliphatic carbocycles. The van der Waals surface area contributed by atoms with Crippen molar-refractivity contribution >= 4 is 5.97 Å². The smallest absolute Gasteiger partial charge is 0.392 e. The third kappa shape index (κ3) is 5.06. The van der Waals surface area contributed by atoms with Crippen LogP contribution < -0.4 is 5.73 Å². The van der Waals surface area contributed by atoms with E-state index in [1.54, 1.807) is 6.92 Å². The zero-order valence-corrected chi connectivity index (χ0v) is 7.84. The Balaban J connectivity index is 4.33. The molecule has 2 unspecified atom stereocenters. The van der Waals surface area contributed by atoms with Crippen molar-refractivity contribution in [3.05, 3.63) is 0 Å². The van der Waals surface area contributed by atoms with Gasteiger partial charge in [-0.1, -0.05) is 6.92 Å². The van der Waals surface area contributed by atoms with Gasteiger partial charge >= 0.3 is 12.1 Å². The quantitative estimate of drug-likeness (QED) is 0.731. The molecule has 2 atom stereocenters. The first kappa shape index (κ1) is 13.2. The van der Waals surface area contributed by atoms with Crippen molar-refractivity contribution in [2.24, 2.45) is 11.7 Å². The first-order chi connectivity index (χ1) is 6.27. The van der Waals surface area contributed by atoms with Gasteiger partial charge in [-0.3, -0.25) is 4.79 Å². The number of halogens is 3. The van der Waals surface area contributed by atoms with E-state index in [1.807, 2.05) is 0 Å². The lowest BCUT2D eigenvalue weighted by Crippen LogP contribution is -2.32. The van der Waals surface area contributed by atoms with Crippen LogP contribution in [0.4, 0.5) is 13.2 Å². The van der Waals surface area contributed by atoms with Crippen molar-refractivity contribution in [3.8, 4) is 0 Å². The highest BCUT2D eigenvalue weighted by Gasteiger charge is 2.41. The van der Waals surface area contributed by atoms with Crippen LogP contribution in [0.5, 0.6) is 0 Å². The summed E-state index contributed by atoms with van der Waals surface area (Å²) in [6.45, 7) is 1.67. The number of nitrogens with two attached hydrogens (primary N) is 1. The summed E-state index contributed by atoms with van der Waals surface area (Å²) >= 11 is 0. The summed E-state index contributed by atoms with van der Waals surface area (Å²) < 4.78 is 36.8. The molecule has 0 aliphatic rings. The number of hydrogen-bond donors (Lipinski definition) is 2. The van der Waals surface area contributed by atoms with Crippen molar-refractivity contribution in [2.75, 3.05) is 0 Å². The Morgan fingerprint density at radius 2 is 2.00 bits per heavy atom. The van der Waals surface area contributed by atoms with Crippen LogP contribution in [0.15, 0.2) is 0 Å². The number of rotatable bonds is 5. The lowest BCUT2D eigenvalue weighted by atomic mass is 9.95.